The van der Waals surface area contributed by atoms with Crippen LogP contribution >= 0.6 is 0 Å². The number of pyridine rings is 1. The number of rotatable bonds is 2. The SMILES string of the molecule is CCOC(=O)c1ncc(F)cc1F. The molecule has 0 N–H and O–H groups in total. The van der Waals surface area contributed by atoms with E-state index < -0.39 is 23.3 Å². The second-order valence-corrected chi connectivity index (χ2v) is 2.20. The summed E-state index contributed by atoms with van der Waals surface area (Å²) in [7, 11) is 0. The van der Waals surface area contributed by atoms with E-state index in [2.05, 4.69) is 9.72 Å². The van der Waals surface area contributed by atoms with Gasteiger partial charge >= 0.3 is 5.97 Å². The molecule has 0 saturated carbocycles. The topological polar surface area (TPSA) is 39.2 Å². The molecule has 1 heterocycles. The maximum absolute atomic E-state index is 12.8. The number of hydrogen-bond donors (Lipinski definition) is 0. The minimum atomic E-state index is -1.02. The van der Waals surface area contributed by atoms with E-state index in [1.807, 2.05) is 0 Å². The summed E-state index contributed by atoms with van der Waals surface area (Å²) in [4.78, 5) is 14.2. The van der Waals surface area contributed by atoms with Gasteiger partial charge in [-0.3, -0.25) is 0 Å². The predicted molar refractivity (Wildman–Crippen MR) is 40.1 cm³/mol. The zero-order chi connectivity index (χ0) is 9.84. The number of hydrogen-bond acceptors (Lipinski definition) is 3. The van der Waals surface area contributed by atoms with Gasteiger partial charge in [0.05, 0.1) is 12.8 Å². The summed E-state index contributed by atoms with van der Waals surface area (Å²) in [6.07, 6.45) is 0.759. The Morgan fingerprint density at radius 3 is 2.85 bits per heavy atom. The molecule has 0 aliphatic heterocycles. The number of carbonyl (C=O) groups excluding carboxylic acids is 1. The fraction of sp³-hybridized carbons (Fsp3) is 0.250. The Balaban J connectivity index is 2.95. The van der Waals surface area contributed by atoms with Crippen molar-refractivity contribution in [1.29, 1.82) is 0 Å². The molecule has 0 radical (unpaired) electrons. The number of carbonyl (C=O) groups is 1. The average molecular weight is 187 g/mol. The van der Waals surface area contributed by atoms with Gasteiger partial charge in [0.1, 0.15) is 5.82 Å². The quantitative estimate of drug-likeness (QED) is 0.659. The Morgan fingerprint density at radius 2 is 2.31 bits per heavy atom. The van der Waals surface area contributed by atoms with Crippen molar-refractivity contribution in [3.63, 3.8) is 0 Å². The summed E-state index contributed by atoms with van der Waals surface area (Å²) in [6, 6.07) is 0.583. The molecule has 0 unspecified atom stereocenters. The van der Waals surface area contributed by atoms with Crippen molar-refractivity contribution in [3.8, 4) is 0 Å². The number of ether oxygens (including phenoxy) is 1. The zero-order valence-electron chi connectivity index (χ0n) is 6.88. The number of aromatic nitrogens is 1. The van der Waals surface area contributed by atoms with Crippen molar-refractivity contribution in [2.75, 3.05) is 6.61 Å². The minimum Gasteiger partial charge on any atom is -0.461 e. The average Bonchev–Trinajstić information content (AvgIpc) is 2.04. The van der Waals surface area contributed by atoms with Crippen molar-refractivity contribution < 1.29 is 18.3 Å². The van der Waals surface area contributed by atoms with Crippen LogP contribution in [0.4, 0.5) is 8.78 Å². The summed E-state index contributed by atoms with van der Waals surface area (Å²) in [5, 5.41) is 0. The third kappa shape index (κ3) is 2.21. The van der Waals surface area contributed by atoms with E-state index >= 15 is 0 Å². The van der Waals surface area contributed by atoms with Crippen LogP contribution in [0.1, 0.15) is 17.4 Å². The van der Waals surface area contributed by atoms with Gasteiger partial charge in [0.15, 0.2) is 11.5 Å². The van der Waals surface area contributed by atoms with E-state index in [1.54, 1.807) is 6.92 Å². The molecule has 5 heteroatoms. The molecule has 0 atom stereocenters. The maximum Gasteiger partial charge on any atom is 0.359 e. The normalized spacial score (nSPS) is 9.77. The molecule has 3 nitrogen and oxygen atoms in total. The third-order valence-corrected chi connectivity index (χ3v) is 1.28. The molecule has 0 spiro atoms. The lowest BCUT2D eigenvalue weighted by atomic mass is 10.3. The van der Waals surface area contributed by atoms with Crippen molar-refractivity contribution in [3.05, 3.63) is 29.6 Å². The molecule has 0 aliphatic rings. The number of esters is 1. The van der Waals surface area contributed by atoms with E-state index in [4.69, 9.17) is 0 Å². The van der Waals surface area contributed by atoms with E-state index in [0.29, 0.717) is 6.07 Å². The number of nitrogens with zero attached hydrogens (tertiary/aromatic N) is 1. The fourth-order valence-corrected chi connectivity index (χ4v) is 0.764. The monoisotopic (exact) mass is 187 g/mol. The Bertz CT molecular complexity index is 328. The molecular formula is C8H7F2NO2. The summed E-state index contributed by atoms with van der Waals surface area (Å²) in [5.41, 5.74) is -0.497. The Kier molecular flexibility index (Phi) is 2.89. The molecule has 0 fully saturated rings. The molecule has 13 heavy (non-hydrogen) atoms. The summed E-state index contributed by atoms with van der Waals surface area (Å²) < 4.78 is 29.6. The second-order valence-electron chi connectivity index (χ2n) is 2.20. The Hall–Kier alpha value is -1.52. The van der Waals surface area contributed by atoms with Gasteiger partial charge in [-0.2, -0.15) is 0 Å². The van der Waals surface area contributed by atoms with Crippen molar-refractivity contribution in [2.45, 2.75) is 6.92 Å². The van der Waals surface area contributed by atoms with Crippen LogP contribution in [-0.4, -0.2) is 17.6 Å². The largest absolute Gasteiger partial charge is 0.461 e. The Morgan fingerprint density at radius 1 is 1.62 bits per heavy atom. The van der Waals surface area contributed by atoms with E-state index in [0.717, 1.165) is 6.20 Å². The highest BCUT2D eigenvalue weighted by atomic mass is 19.1. The van der Waals surface area contributed by atoms with Crippen LogP contribution in [0.2, 0.25) is 0 Å². The van der Waals surface area contributed by atoms with Crippen LogP contribution in [0.3, 0.4) is 0 Å². The second kappa shape index (κ2) is 3.93. The summed E-state index contributed by atoms with van der Waals surface area (Å²) in [5.74, 6) is -2.73. The van der Waals surface area contributed by atoms with Crippen LogP contribution in [0, 0.1) is 11.6 Å². The van der Waals surface area contributed by atoms with Crippen LogP contribution < -0.4 is 0 Å². The minimum absolute atomic E-state index is 0.122. The van der Waals surface area contributed by atoms with Crippen molar-refractivity contribution >= 4 is 5.97 Å². The molecule has 0 amide bonds. The highest BCUT2D eigenvalue weighted by molar-refractivity contribution is 5.87. The Labute approximate surface area is 73.4 Å². The first kappa shape index (κ1) is 9.57. The van der Waals surface area contributed by atoms with Gasteiger partial charge in [0.2, 0.25) is 0 Å². The molecule has 0 aliphatic carbocycles. The molecule has 0 bridgehead atoms. The smallest absolute Gasteiger partial charge is 0.359 e. The fourth-order valence-electron chi connectivity index (χ4n) is 0.764. The molecule has 0 aromatic carbocycles. The molecular weight excluding hydrogens is 180 g/mol. The number of halogens is 2. The summed E-state index contributed by atoms with van der Waals surface area (Å²) >= 11 is 0. The van der Waals surface area contributed by atoms with Crippen LogP contribution in [0.25, 0.3) is 0 Å². The van der Waals surface area contributed by atoms with Gasteiger partial charge in [-0.1, -0.05) is 0 Å². The predicted octanol–water partition coefficient (Wildman–Crippen LogP) is 1.54. The van der Waals surface area contributed by atoms with E-state index in [9.17, 15) is 13.6 Å². The first-order valence-corrected chi connectivity index (χ1v) is 3.63. The van der Waals surface area contributed by atoms with E-state index in [1.165, 1.54) is 0 Å². The van der Waals surface area contributed by atoms with Gasteiger partial charge < -0.3 is 4.74 Å². The molecule has 70 valence electrons. The van der Waals surface area contributed by atoms with Crippen LogP contribution in [0.15, 0.2) is 12.3 Å². The van der Waals surface area contributed by atoms with Gasteiger partial charge in [-0.15, -0.1) is 0 Å². The highest BCUT2D eigenvalue weighted by Crippen LogP contribution is 2.06. The first-order chi connectivity index (χ1) is 6.15. The van der Waals surface area contributed by atoms with Gasteiger partial charge in [-0.25, -0.2) is 18.6 Å². The zero-order valence-corrected chi connectivity index (χ0v) is 6.88. The van der Waals surface area contributed by atoms with Crippen molar-refractivity contribution in [2.24, 2.45) is 0 Å². The molecule has 1 aromatic heterocycles. The highest BCUT2D eigenvalue weighted by Gasteiger charge is 2.14. The molecule has 0 saturated heterocycles. The van der Waals surface area contributed by atoms with Crippen LogP contribution in [0.5, 0.6) is 0 Å². The first-order valence-electron chi connectivity index (χ1n) is 3.63. The van der Waals surface area contributed by atoms with Gasteiger partial charge in [0.25, 0.3) is 0 Å². The van der Waals surface area contributed by atoms with Gasteiger partial charge in [0, 0.05) is 6.07 Å². The summed E-state index contributed by atoms with van der Waals surface area (Å²) in [6.45, 7) is 1.71. The van der Waals surface area contributed by atoms with Gasteiger partial charge in [-0.05, 0) is 6.92 Å². The molecule has 1 aromatic rings. The maximum atomic E-state index is 12.8. The lowest BCUT2D eigenvalue weighted by molar-refractivity contribution is 0.0513. The van der Waals surface area contributed by atoms with Crippen LogP contribution in [-0.2, 0) is 4.74 Å². The molecule has 1 rings (SSSR count). The lowest BCUT2D eigenvalue weighted by Gasteiger charge is -2.00. The van der Waals surface area contributed by atoms with Crippen molar-refractivity contribution in [1.82, 2.24) is 4.98 Å². The van der Waals surface area contributed by atoms with E-state index in [-0.39, 0.29) is 6.61 Å². The lowest BCUT2D eigenvalue weighted by Crippen LogP contribution is -2.09. The third-order valence-electron chi connectivity index (χ3n) is 1.28. The standard InChI is InChI=1S/C8H7F2NO2/c1-2-13-8(12)7-6(10)3-5(9)4-11-7/h3-4H,2H2,1H3.